The molecule has 0 saturated carbocycles. The number of hydrogen-bond donors (Lipinski definition) is 0. The monoisotopic (exact) mass is 301 g/mol. The van der Waals surface area contributed by atoms with E-state index in [1.54, 1.807) is 24.5 Å². The number of hydrogen-bond acceptors (Lipinski definition) is 4. The fourth-order valence-electron chi connectivity index (χ4n) is 2.11. The van der Waals surface area contributed by atoms with Crippen LogP contribution < -0.4 is 5.01 Å². The second-order valence-corrected chi connectivity index (χ2v) is 4.86. The van der Waals surface area contributed by atoms with Crippen LogP contribution in [0.25, 0.3) is 0 Å². The third kappa shape index (κ3) is 3.68. The van der Waals surface area contributed by atoms with E-state index in [0.717, 1.165) is 23.4 Å². The first-order valence-corrected chi connectivity index (χ1v) is 7.22. The molecular formula is C19H15N3O. The van der Waals surface area contributed by atoms with Crippen molar-refractivity contribution in [2.75, 3.05) is 5.01 Å². The number of aldehydes is 1. The summed E-state index contributed by atoms with van der Waals surface area (Å²) in [4.78, 5) is 15.1. The van der Waals surface area contributed by atoms with Crippen molar-refractivity contribution in [2.24, 2.45) is 5.10 Å². The highest BCUT2D eigenvalue weighted by molar-refractivity contribution is 5.80. The Kier molecular flexibility index (Phi) is 4.55. The summed E-state index contributed by atoms with van der Waals surface area (Å²) >= 11 is 0. The standard InChI is InChI=1S/C19H15N3O/c23-15-16-9-11-19(12-10-16)22(18-7-2-1-3-8-18)21-14-17-6-4-5-13-20-17/h1-15H/b21-14+. The Balaban J connectivity index is 1.96. The van der Waals surface area contributed by atoms with Crippen LogP contribution in [-0.2, 0) is 0 Å². The van der Waals surface area contributed by atoms with Gasteiger partial charge in [-0.1, -0.05) is 24.3 Å². The molecule has 4 heteroatoms. The minimum absolute atomic E-state index is 0.635. The van der Waals surface area contributed by atoms with Crippen molar-refractivity contribution in [3.63, 3.8) is 0 Å². The van der Waals surface area contributed by atoms with Gasteiger partial charge in [0, 0.05) is 11.8 Å². The fourth-order valence-corrected chi connectivity index (χ4v) is 2.11. The maximum Gasteiger partial charge on any atom is 0.150 e. The molecule has 0 spiro atoms. The lowest BCUT2D eigenvalue weighted by molar-refractivity contribution is 0.112. The minimum Gasteiger partial charge on any atom is -0.298 e. The molecule has 23 heavy (non-hydrogen) atoms. The van der Waals surface area contributed by atoms with Crippen LogP contribution >= 0.6 is 0 Å². The molecule has 0 N–H and O–H groups in total. The van der Waals surface area contributed by atoms with E-state index in [0.29, 0.717) is 5.56 Å². The van der Waals surface area contributed by atoms with Gasteiger partial charge in [0.25, 0.3) is 0 Å². The number of carbonyl (C=O) groups excluding carboxylic acids is 1. The van der Waals surface area contributed by atoms with Crippen molar-refractivity contribution in [3.05, 3.63) is 90.3 Å². The molecule has 0 aliphatic heterocycles. The van der Waals surface area contributed by atoms with Gasteiger partial charge in [0.1, 0.15) is 6.29 Å². The SMILES string of the molecule is O=Cc1ccc(N(/N=C/c2ccccn2)c2ccccc2)cc1. The van der Waals surface area contributed by atoms with Crippen molar-refractivity contribution < 1.29 is 4.79 Å². The molecule has 0 aliphatic carbocycles. The first kappa shape index (κ1) is 14.7. The average molecular weight is 301 g/mol. The molecule has 0 fully saturated rings. The van der Waals surface area contributed by atoms with E-state index in [9.17, 15) is 4.79 Å². The van der Waals surface area contributed by atoms with Crippen LogP contribution in [0, 0.1) is 0 Å². The first-order chi connectivity index (χ1) is 11.4. The van der Waals surface area contributed by atoms with Gasteiger partial charge in [0.2, 0.25) is 0 Å². The Hall–Kier alpha value is -3.27. The van der Waals surface area contributed by atoms with Crippen LogP contribution in [0.4, 0.5) is 11.4 Å². The van der Waals surface area contributed by atoms with Crippen molar-refractivity contribution in [1.82, 2.24) is 4.98 Å². The van der Waals surface area contributed by atoms with E-state index in [2.05, 4.69) is 10.1 Å². The maximum atomic E-state index is 10.8. The molecule has 1 aromatic heterocycles. The largest absolute Gasteiger partial charge is 0.298 e. The van der Waals surface area contributed by atoms with Crippen LogP contribution in [-0.4, -0.2) is 17.5 Å². The van der Waals surface area contributed by atoms with E-state index < -0.39 is 0 Å². The summed E-state index contributed by atoms with van der Waals surface area (Å²) in [6.45, 7) is 0. The van der Waals surface area contributed by atoms with E-state index in [-0.39, 0.29) is 0 Å². The molecule has 0 amide bonds. The number of aromatic nitrogens is 1. The zero-order valence-corrected chi connectivity index (χ0v) is 12.4. The van der Waals surface area contributed by atoms with E-state index in [1.807, 2.05) is 65.7 Å². The van der Waals surface area contributed by atoms with Crippen LogP contribution in [0.1, 0.15) is 16.1 Å². The Morgan fingerprint density at radius 2 is 1.52 bits per heavy atom. The van der Waals surface area contributed by atoms with Crippen LogP contribution in [0.2, 0.25) is 0 Å². The van der Waals surface area contributed by atoms with Crippen molar-refractivity contribution >= 4 is 23.9 Å². The molecule has 3 aromatic rings. The summed E-state index contributed by atoms with van der Waals surface area (Å²) < 4.78 is 0. The number of hydrazone groups is 1. The number of nitrogens with zero attached hydrogens (tertiary/aromatic N) is 3. The van der Waals surface area contributed by atoms with E-state index >= 15 is 0 Å². The summed E-state index contributed by atoms with van der Waals surface area (Å²) in [6.07, 6.45) is 4.27. The molecule has 0 unspecified atom stereocenters. The predicted octanol–water partition coefficient (Wildman–Crippen LogP) is 4.07. The van der Waals surface area contributed by atoms with E-state index in [4.69, 9.17) is 0 Å². The summed E-state index contributed by atoms with van der Waals surface area (Å²) in [5.41, 5.74) is 3.21. The number of para-hydroxylation sites is 1. The summed E-state index contributed by atoms with van der Waals surface area (Å²) in [7, 11) is 0. The van der Waals surface area contributed by atoms with Gasteiger partial charge in [-0.25, -0.2) is 5.01 Å². The van der Waals surface area contributed by atoms with Gasteiger partial charge in [0.15, 0.2) is 0 Å². The lowest BCUT2D eigenvalue weighted by atomic mass is 10.2. The summed E-state index contributed by atoms with van der Waals surface area (Å²) in [6, 6.07) is 22.8. The second kappa shape index (κ2) is 7.13. The highest BCUT2D eigenvalue weighted by Crippen LogP contribution is 2.25. The second-order valence-electron chi connectivity index (χ2n) is 4.86. The van der Waals surface area contributed by atoms with Gasteiger partial charge >= 0.3 is 0 Å². The third-order valence-electron chi connectivity index (χ3n) is 3.27. The quantitative estimate of drug-likeness (QED) is 0.405. The normalized spacial score (nSPS) is 10.6. The van der Waals surface area contributed by atoms with Gasteiger partial charge < -0.3 is 0 Å². The van der Waals surface area contributed by atoms with Gasteiger partial charge in [-0.3, -0.25) is 9.78 Å². The van der Waals surface area contributed by atoms with Crippen molar-refractivity contribution in [1.29, 1.82) is 0 Å². The molecule has 0 atom stereocenters. The highest BCUT2D eigenvalue weighted by atomic mass is 16.1. The van der Waals surface area contributed by atoms with Crippen LogP contribution in [0.3, 0.4) is 0 Å². The molecule has 112 valence electrons. The average Bonchev–Trinajstić information content (AvgIpc) is 2.64. The number of benzene rings is 2. The number of rotatable bonds is 5. The Bertz CT molecular complexity index is 784. The molecule has 3 rings (SSSR count). The Morgan fingerprint density at radius 1 is 0.826 bits per heavy atom. The van der Waals surface area contributed by atoms with Crippen LogP contribution in [0.15, 0.2) is 84.1 Å². The number of anilines is 2. The van der Waals surface area contributed by atoms with Gasteiger partial charge in [0.05, 0.1) is 23.3 Å². The van der Waals surface area contributed by atoms with Crippen molar-refractivity contribution in [2.45, 2.75) is 0 Å². The zero-order chi connectivity index (χ0) is 15.9. The summed E-state index contributed by atoms with van der Waals surface area (Å²) in [5.74, 6) is 0. The molecule has 0 aliphatic rings. The lowest BCUT2D eigenvalue weighted by Crippen LogP contribution is -2.09. The molecule has 0 radical (unpaired) electrons. The molecule has 0 saturated heterocycles. The zero-order valence-electron chi connectivity index (χ0n) is 12.4. The fraction of sp³-hybridized carbons (Fsp3) is 0. The minimum atomic E-state index is 0.635. The van der Waals surface area contributed by atoms with Gasteiger partial charge in [-0.05, 0) is 48.5 Å². The van der Waals surface area contributed by atoms with E-state index in [1.165, 1.54) is 0 Å². The number of pyridine rings is 1. The molecule has 0 bridgehead atoms. The third-order valence-corrected chi connectivity index (χ3v) is 3.27. The van der Waals surface area contributed by atoms with Crippen LogP contribution in [0.5, 0.6) is 0 Å². The molecular weight excluding hydrogens is 286 g/mol. The van der Waals surface area contributed by atoms with Gasteiger partial charge in [-0.2, -0.15) is 5.10 Å². The molecule has 1 heterocycles. The maximum absolute atomic E-state index is 10.8. The molecule has 4 nitrogen and oxygen atoms in total. The Labute approximate surface area is 134 Å². The smallest absolute Gasteiger partial charge is 0.150 e. The topological polar surface area (TPSA) is 45.6 Å². The van der Waals surface area contributed by atoms with Gasteiger partial charge in [-0.15, -0.1) is 0 Å². The Morgan fingerprint density at radius 3 is 2.17 bits per heavy atom. The highest BCUT2D eigenvalue weighted by Gasteiger charge is 2.07. The predicted molar refractivity (Wildman–Crippen MR) is 92.2 cm³/mol. The lowest BCUT2D eigenvalue weighted by Gasteiger charge is -2.19. The number of carbonyl (C=O) groups is 1. The van der Waals surface area contributed by atoms with Crippen molar-refractivity contribution in [3.8, 4) is 0 Å². The summed E-state index contributed by atoms with van der Waals surface area (Å²) in [5, 5.41) is 6.36. The first-order valence-electron chi connectivity index (χ1n) is 7.22. The molecule has 2 aromatic carbocycles.